The number of carbonyl (C=O) groups is 1. The minimum Gasteiger partial charge on any atom is -0.343 e. The molecule has 0 spiro atoms. The van der Waals surface area contributed by atoms with E-state index in [1.165, 1.54) is 12.1 Å². The summed E-state index contributed by atoms with van der Waals surface area (Å²) in [5.74, 6) is 0.00937. The molecule has 7 nitrogen and oxygen atoms in total. The minimum absolute atomic E-state index is 0.00937. The number of rotatable bonds is 7. The van der Waals surface area contributed by atoms with Crippen LogP contribution in [0.4, 0.5) is 5.69 Å². The predicted molar refractivity (Wildman–Crippen MR) is 112 cm³/mol. The third-order valence-electron chi connectivity index (χ3n) is 5.15. The molecule has 29 heavy (non-hydrogen) atoms. The Kier molecular flexibility index (Phi) is 6.07. The number of hydrogen-bond donors (Lipinski definition) is 0. The molecule has 0 bridgehead atoms. The summed E-state index contributed by atoms with van der Waals surface area (Å²) in [5, 5.41) is 15.6. The van der Waals surface area contributed by atoms with Crippen LogP contribution in [-0.2, 0) is 11.2 Å². The largest absolute Gasteiger partial charge is 0.343 e. The van der Waals surface area contributed by atoms with Crippen LogP contribution in [0.2, 0.25) is 0 Å². The summed E-state index contributed by atoms with van der Waals surface area (Å²) < 4.78 is 1.74. The Morgan fingerprint density at radius 1 is 1.17 bits per heavy atom. The maximum atomic E-state index is 12.8. The monoisotopic (exact) mass is 392 g/mol. The lowest BCUT2D eigenvalue weighted by atomic mass is 10.0. The van der Waals surface area contributed by atoms with Crippen LogP contribution in [0.5, 0.6) is 0 Å². The molecule has 0 saturated heterocycles. The van der Waals surface area contributed by atoms with Crippen molar-refractivity contribution in [3.63, 3.8) is 0 Å². The van der Waals surface area contributed by atoms with Crippen molar-refractivity contribution in [2.45, 2.75) is 32.7 Å². The molecule has 150 valence electrons. The number of aromatic nitrogens is 2. The van der Waals surface area contributed by atoms with Crippen molar-refractivity contribution in [1.29, 1.82) is 0 Å². The van der Waals surface area contributed by atoms with Gasteiger partial charge in [0.15, 0.2) is 0 Å². The van der Waals surface area contributed by atoms with Gasteiger partial charge in [-0.25, -0.2) is 4.68 Å². The van der Waals surface area contributed by atoms with Crippen LogP contribution in [0.25, 0.3) is 16.9 Å². The molecule has 1 atom stereocenters. The molecule has 0 radical (unpaired) electrons. The molecule has 2 aromatic carbocycles. The number of non-ortho nitro benzene ring substituents is 1. The highest BCUT2D eigenvalue weighted by molar-refractivity contribution is 5.81. The van der Waals surface area contributed by atoms with Gasteiger partial charge in [-0.2, -0.15) is 5.10 Å². The zero-order valence-corrected chi connectivity index (χ0v) is 16.8. The van der Waals surface area contributed by atoms with E-state index in [1.54, 1.807) is 21.7 Å². The van der Waals surface area contributed by atoms with Crippen molar-refractivity contribution >= 4 is 11.6 Å². The molecule has 1 amide bonds. The van der Waals surface area contributed by atoms with Crippen molar-refractivity contribution in [2.75, 3.05) is 7.05 Å². The van der Waals surface area contributed by atoms with Gasteiger partial charge in [-0.15, -0.1) is 0 Å². The van der Waals surface area contributed by atoms with Gasteiger partial charge in [0.05, 0.1) is 22.7 Å². The van der Waals surface area contributed by atoms with E-state index in [0.29, 0.717) is 5.69 Å². The molecule has 7 heteroatoms. The predicted octanol–water partition coefficient (Wildman–Crippen LogP) is 4.25. The first-order valence-corrected chi connectivity index (χ1v) is 9.55. The highest BCUT2D eigenvalue weighted by Gasteiger charge is 2.20. The molecule has 1 aromatic heterocycles. The van der Waals surface area contributed by atoms with E-state index in [2.05, 4.69) is 5.10 Å². The Labute approximate surface area is 169 Å². The molecular weight excluding hydrogens is 368 g/mol. The summed E-state index contributed by atoms with van der Waals surface area (Å²) >= 11 is 0. The van der Waals surface area contributed by atoms with Crippen molar-refractivity contribution in [3.8, 4) is 16.9 Å². The first kappa shape index (κ1) is 20.3. The molecule has 1 heterocycles. The second-order valence-electron chi connectivity index (χ2n) is 7.03. The fraction of sp³-hybridized carbons (Fsp3) is 0.273. The van der Waals surface area contributed by atoms with Gasteiger partial charge in [0.2, 0.25) is 5.91 Å². The van der Waals surface area contributed by atoms with E-state index in [1.807, 2.05) is 57.4 Å². The Morgan fingerprint density at radius 2 is 1.83 bits per heavy atom. The summed E-state index contributed by atoms with van der Waals surface area (Å²) in [7, 11) is 1.81. The van der Waals surface area contributed by atoms with Crippen LogP contribution >= 0.6 is 0 Å². The summed E-state index contributed by atoms with van der Waals surface area (Å²) in [6, 6.07) is 16.0. The van der Waals surface area contributed by atoms with Crippen LogP contribution < -0.4 is 0 Å². The Balaban J connectivity index is 2.00. The third kappa shape index (κ3) is 4.51. The molecule has 0 saturated carbocycles. The molecular formula is C22H24N4O3. The highest BCUT2D eigenvalue weighted by atomic mass is 16.6. The van der Waals surface area contributed by atoms with Crippen molar-refractivity contribution < 1.29 is 9.72 Å². The van der Waals surface area contributed by atoms with E-state index in [4.69, 9.17) is 0 Å². The topological polar surface area (TPSA) is 81.3 Å². The molecule has 0 aliphatic rings. The van der Waals surface area contributed by atoms with Gasteiger partial charge in [0.25, 0.3) is 5.69 Å². The molecule has 0 aliphatic carbocycles. The first-order chi connectivity index (χ1) is 13.9. The molecule has 1 unspecified atom stereocenters. The van der Waals surface area contributed by atoms with Crippen molar-refractivity contribution in [2.24, 2.45) is 0 Å². The number of nitro groups is 1. The van der Waals surface area contributed by atoms with Crippen molar-refractivity contribution in [1.82, 2.24) is 14.7 Å². The minimum atomic E-state index is -0.433. The number of likely N-dealkylation sites (N-methyl/N-ethyl adjacent to an activating group) is 1. The van der Waals surface area contributed by atoms with E-state index in [0.717, 1.165) is 23.2 Å². The normalized spacial score (nSPS) is 11.8. The average Bonchev–Trinajstić information content (AvgIpc) is 3.17. The summed E-state index contributed by atoms with van der Waals surface area (Å²) in [4.78, 5) is 25.1. The standard InChI is InChI=1S/C22H24N4O3/c1-4-16(2)24(3)21(27)14-18-15-25(19-8-6-5-7-9-19)23-22(18)17-10-12-20(13-11-17)26(28)29/h5-13,15-16H,4,14H2,1-3H3. The number of nitro benzene ring substituents is 1. The van der Waals surface area contributed by atoms with E-state index < -0.39 is 4.92 Å². The lowest BCUT2D eigenvalue weighted by Gasteiger charge is -2.23. The SMILES string of the molecule is CCC(C)N(C)C(=O)Cc1cn(-c2ccccc2)nc1-c1ccc([N+](=O)[O-])cc1. The number of para-hydroxylation sites is 1. The Bertz CT molecular complexity index is 997. The van der Waals surface area contributed by atoms with E-state index >= 15 is 0 Å². The molecule has 0 fully saturated rings. The van der Waals surface area contributed by atoms with Crippen LogP contribution in [0.3, 0.4) is 0 Å². The number of amides is 1. The highest BCUT2D eigenvalue weighted by Crippen LogP contribution is 2.26. The number of benzene rings is 2. The molecule has 3 aromatic rings. The zero-order chi connectivity index (χ0) is 21.0. The average molecular weight is 392 g/mol. The maximum Gasteiger partial charge on any atom is 0.269 e. The van der Waals surface area contributed by atoms with Gasteiger partial charge in [0.1, 0.15) is 0 Å². The molecule has 0 aliphatic heterocycles. The van der Waals surface area contributed by atoms with Crippen LogP contribution in [0, 0.1) is 10.1 Å². The zero-order valence-electron chi connectivity index (χ0n) is 16.8. The van der Waals surface area contributed by atoms with Gasteiger partial charge in [-0.05, 0) is 37.6 Å². The van der Waals surface area contributed by atoms with E-state index in [-0.39, 0.29) is 24.1 Å². The second-order valence-corrected chi connectivity index (χ2v) is 7.03. The lowest BCUT2D eigenvalue weighted by molar-refractivity contribution is -0.384. The third-order valence-corrected chi connectivity index (χ3v) is 5.15. The summed E-state index contributed by atoms with van der Waals surface area (Å²) in [6.45, 7) is 4.06. The number of carbonyl (C=O) groups excluding carboxylic acids is 1. The molecule has 3 rings (SSSR count). The Morgan fingerprint density at radius 3 is 2.41 bits per heavy atom. The smallest absolute Gasteiger partial charge is 0.269 e. The lowest BCUT2D eigenvalue weighted by Crippen LogP contribution is -2.35. The summed E-state index contributed by atoms with van der Waals surface area (Å²) in [6.07, 6.45) is 2.94. The van der Waals surface area contributed by atoms with Gasteiger partial charge >= 0.3 is 0 Å². The fourth-order valence-corrected chi connectivity index (χ4v) is 3.04. The maximum absolute atomic E-state index is 12.8. The van der Waals surface area contributed by atoms with Gasteiger partial charge in [0, 0.05) is 42.5 Å². The van der Waals surface area contributed by atoms with E-state index in [9.17, 15) is 14.9 Å². The second kappa shape index (κ2) is 8.68. The Hall–Kier alpha value is -3.48. The van der Waals surface area contributed by atoms with Crippen molar-refractivity contribution in [3.05, 3.63) is 76.5 Å². The number of nitrogens with zero attached hydrogens (tertiary/aromatic N) is 4. The molecule has 0 N–H and O–H groups in total. The van der Waals surface area contributed by atoms with Gasteiger partial charge in [-0.1, -0.05) is 25.1 Å². The van der Waals surface area contributed by atoms with Crippen LogP contribution in [0.1, 0.15) is 25.8 Å². The quantitative estimate of drug-likeness (QED) is 0.445. The first-order valence-electron chi connectivity index (χ1n) is 9.55. The van der Waals surface area contributed by atoms with Crippen LogP contribution in [-0.4, -0.2) is 38.6 Å². The van der Waals surface area contributed by atoms with Crippen LogP contribution in [0.15, 0.2) is 60.8 Å². The van der Waals surface area contributed by atoms with Gasteiger partial charge < -0.3 is 4.90 Å². The van der Waals surface area contributed by atoms with Gasteiger partial charge in [-0.3, -0.25) is 14.9 Å². The fourth-order valence-electron chi connectivity index (χ4n) is 3.04. The number of hydrogen-bond acceptors (Lipinski definition) is 4. The summed E-state index contributed by atoms with van der Waals surface area (Å²) in [5.41, 5.74) is 3.06.